The van der Waals surface area contributed by atoms with Crippen LogP contribution in [-0.4, -0.2) is 25.6 Å². The van der Waals surface area contributed by atoms with Crippen molar-refractivity contribution in [2.24, 2.45) is 0 Å². The lowest BCUT2D eigenvalue weighted by Crippen LogP contribution is -2.12. The Labute approximate surface area is 159 Å². The Morgan fingerprint density at radius 3 is 2.00 bits per heavy atom. The first-order chi connectivity index (χ1) is 12.9. The van der Waals surface area contributed by atoms with Gasteiger partial charge in [0.15, 0.2) is 9.84 Å². The summed E-state index contributed by atoms with van der Waals surface area (Å²) >= 11 is 0. The van der Waals surface area contributed by atoms with E-state index in [2.05, 4.69) is 10.3 Å². The van der Waals surface area contributed by atoms with Crippen LogP contribution in [-0.2, 0) is 22.0 Å². The maximum Gasteiger partial charge on any atom is 0.255 e. The van der Waals surface area contributed by atoms with Crippen molar-refractivity contribution in [1.29, 1.82) is 0 Å². The quantitative estimate of drug-likeness (QED) is 0.710. The van der Waals surface area contributed by atoms with Gasteiger partial charge in [-0.15, -0.1) is 0 Å². The lowest BCUT2D eigenvalue weighted by molar-refractivity contribution is 0.102. The number of anilines is 1. The number of nitrogens with zero attached hydrogens (tertiary/aromatic N) is 1. The maximum atomic E-state index is 12.4. The zero-order valence-corrected chi connectivity index (χ0v) is 15.7. The molecule has 0 unspecified atom stereocenters. The zero-order chi connectivity index (χ0) is 19.3. The molecule has 1 aromatic heterocycles. The van der Waals surface area contributed by atoms with Gasteiger partial charge in [-0.1, -0.05) is 24.3 Å². The van der Waals surface area contributed by atoms with Crippen molar-refractivity contribution >= 4 is 21.4 Å². The predicted octanol–water partition coefficient (Wildman–Crippen LogP) is 3.47. The van der Waals surface area contributed by atoms with Gasteiger partial charge in [0.2, 0.25) is 0 Å². The number of pyridine rings is 1. The monoisotopic (exact) mass is 380 g/mol. The standard InChI is InChI=1S/C21H20N2O3S/c1-27(25,26)15-18-2-6-19(7-3-18)21(24)23-20-8-4-16(5-9-20)14-17-10-12-22-13-11-17/h2-13H,14-15H2,1H3,(H,23,24). The average molecular weight is 380 g/mol. The van der Waals surface area contributed by atoms with Crippen LogP contribution in [0.15, 0.2) is 73.1 Å². The lowest BCUT2D eigenvalue weighted by atomic mass is 10.1. The smallest absolute Gasteiger partial charge is 0.255 e. The van der Waals surface area contributed by atoms with Gasteiger partial charge >= 0.3 is 0 Å². The van der Waals surface area contributed by atoms with E-state index in [1.54, 1.807) is 36.7 Å². The first kappa shape index (κ1) is 18.8. The van der Waals surface area contributed by atoms with E-state index >= 15 is 0 Å². The average Bonchev–Trinajstić information content (AvgIpc) is 2.63. The van der Waals surface area contributed by atoms with Crippen LogP contribution in [0.25, 0.3) is 0 Å². The normalized spacial score (nSPS) is 11.1. The van der Waals surface area contributed by atoms with Crippen LogP contribution in [0, 0.1) is 0 Å². The Bertz CT molecular complexity index is 1010. The van der Waals surface area contributed by atoms with Crippen LogP contribution in [0.1, 0.15) is 27.0 Å². The predicted molar refractivity (Wildman–Crippen MR) is 106 cm³/mol. The van der Waals surface area contributed by atoms with Crippen LogP contribution in [0.5, 0.6) is 0 Å². The van der Waals surface area contributed by atoms with Gasteiger partial charge in [0.05, 0.1) is 5.75 Å². The van der Waals surface area contributed by atoms with Gasteiger partial charge in [-0.2, -0.15) is 0 Å². The minimum atomic E-state index is -3.09. The molecule has 0 radical (unpaired) electrons. The maximum absolute atomic E-state index is 12.4. The fourth-order valence-electron chi connectivity index (χ4n) is 2.70. The number of amides is 1. The molecule has 0 bridgehead atoms. The fourth-order valence-corrected chi connectivity index (χ4v) is 3.50. The second kappa shape index (κ2) is 8.14. The minimum absolute atomic E-state index is 0.0339. The molecule has 0 atom stereocenters. The van der Waals surface area contributed by atoms with Gasteiger partial charge in [-0.05, 0) is 59.5 Å². The molecule has 138 valence electrons. The Kier molecular flexibility index (Phi) is 5.66. The molecular weight excluding hydrogens is 360 g/mol. The number of carbonyl (C=O) groups is 1. The van der Waals surface area contributed by atoms with Crippen molar-refractivity contribution < 1.29 is 13.2 Å². The van der Waals surface area contributed by atoms with Crippen molar-refractivity contribution in [1.82, 2.24) is 4.98 Å². The molecule has 0 saturated carbocycles. The molecule has 0 saturated heterocycles. The molecule has 2 aromatic carbocycles. The van der Waals surface area contributed by atoms with Gasteiger partial charge in [-0.25, -0.2) is 8.42 Å². The number of hydrogen-bond acceptors (Lipinski definition) is 4. The second-order valence-corrected chi connectivity index (χ2v) is 8.59. The summed E-state index contributed by atoms with van der Waals surface area (Å²) in [5.74, 6) is -0.267. The number of rotatable bonds is 6. The molecule has 6 heteroatoms. The van der Waals surface area contributed by atoms with Gasteiger partial charge in [0, 0.05) is 29.9 Å². The van der Waals surface area contributed by atoms with Crippen molar-refractivity contribution in [2.75, 3.05) is 11.6 Å². The van der Waals surface area contributed by atoms with Crippen molar-refractivity contribution in [2.45, 2.75) is 12.2 Å². The van der Waals surface area contributed by atoms with E-state index in [1.165, 1.54) is 11.8 Å². The van der Waals surface area contributed by atoms with E-state index < -0.39 is 9.84 Å². The van der Waals surface area contributed by atoms with Crippen LogP contribution in [0.4, 0.5) is 5.69 Å². The van der Waals surface area contributed by atoms with Gasteiger partial charge in [0.25, 0.3) is 5.91 Å². The number of carbonyl (C=O) groups excluding carboxylic acids is 1. The molecule has 1 heterocycles. The Morgan fingerprint density at radius 2 is 1.41 bits per heavy atom. The summed E-state index contributed by atoms with van der Waals surface area (Å²) in [5, 5.41) is 2.85. The van der Waals surface area contributed by atoms with E-state index in [0.717, 1.165) is 12.0 Å². The third-order valence-corrected chi connectivity index (χ3v) is 4.87. The third-order valence-electron chi connectivity index (χ3n) is 4.01. The van der Waals surface area contributed by atoms with E-state index in [4.69, 9.17) is 0 Å². The molecule has 1 amide bonds. The van der Waals surface area contributed by atoms with E-state index in [-0.39, 0.29) is 11.7 Å². The molecule has 0 spiro atoms. The number of nitrogens with one attached hydrogen (secondary N) is 1. The van der Waals surface area contributed by atoms with Crippen molar-refractivity contribution in [3.05, 3.63) is 95.3 Å². The Hall–Kier alpha value is -2.99. The van der Waals surface area contributed by atoms with Gasteiger partial charge in [0.1, 0.15) is 0 Å². The molecule has 3 aromatic rings. The topological polar surface area (TPSA) is 76.1 Å². The minimum Gasteiger partial charge on any atom is -0.322 e. The highest BCUT2D eigenvalue weighted by Crippen LogP contribution is 2.15. The third kappa shape index (κ3) is 5.76. The fraction of sp³-hybridized carbons (Fsp3) is 0.143. The molecular formula is C21H20N2O3S. The summed E-state index contributed by atoms with van der Waals surface area (Å²) in [7, 11) is -3.09. The summed E-state index contributed by atoms with van der Waals surface area (Å²) in [6.07, 6.45) is 5.53. The van der Waals surface area contributed by atoms with Crippen LogP contribution >= 0.6 is 0 Å². The van der Waals surface area contributed by atoms with Gasteiger partial charge < -0.3 is 5.32 Å². The van der Waals surface area contributed by atoms with Crippen LogP contribution < -0.4 is 5.32 Å². The Morgan fingerprint density at radius 1 is 0.852 bits per heavy atom. The van der Waals surface area contributed by atoms with Crippen molar-refractivity contribution in [3.8, 4) is 0 Å². The summed E-state index contributed by atoms with van der Waals surface area (Å²) in [6.45, 7) is 0. The van der Waals surface area contributed by atoms with E-state index in [1.807, 2.05) is 36.4 Å². The number of sulfone groups is 1. The molecule has 0 aliphatic rings. The van der Waals surface area contributed by atoms with Crippen LogP contribution in [0.3, 0.4) is 0 Å². The van der Waals surface area contributed by atoms with Crippen molar-refractivity contribution in [3.63, 3.8) is 0 Å². The lowest BCUT2D eigenvalue weighted by Gasteiger charge is -2.08. The second-order valence-electron chi connectivity index (χ2n) is 6.45. The largest absolute Gasteiger partial charge is 0.322 e. The highest BCUT2D eigenvalue weighted by atomic mass is 32.2. The molecule has 1 N–H and O–H groups in total. The van der Waals surface area contributed by atoms with Gasteiger partial charge in [-0.3, -0.25) is 9.78 Å². The summed E-state index contributed by atoms with van der Waals surface area (Å²) in [6, 6.07) is 18.2. The Balaban J connectivity index is 1.62. The highest BCUT2D eigenvalue weighted by molar-refractivity contribution is 7.89. The summed E-state index contributed by atoms with van der Waals surface area (Å²) < 4.78 is 22.6. The first-order valence-corrected chi connectivity index (χ1v) is 10.5. The summed E-state index contributed by atoms with van der Waals surface area (Å²) in [4.78, 5) is 16.4. The summed E-state index contributed by atoms with van der Waals surface area (Å²) in [5.41, 5.74) is 4.17. The highest BCUT2D eigenvalue weighted by Gasteiger charge is 2.08. The number of aromatic nitrogens is 1. The number of hydrogen-bond donors (Lipinski definition) is 1. The van der Waals surface area contributed by atoms with E-state index in [9.17, 15) is 13.2 Å². The molecule has 0 aliphatic carbocycles. The molecule has 5 nitrogen and oxygen atoms in total. The molecule has 3 rings (SSSR count). The number of benzene rings is 2. The molecule has 0 fully saturated rings. The van der Waals surface area contributed by atoms with E-state index in [0.29, 0.717) is 16.8 Å². The SMILES string of the molecule is CS(=O)(=O)Cc1ccc(C(=O)Nc2ccc(Cc3ccncc3)cc2)cc1. The first-order valence-electron chi connectivity index (χ1n) is 8.45. The molecule has 0 aliphatic heterocycles. The zero-order valence-electron chi connectivity index (χ0n) is 14.9. The van der Waals surface area contributed by atoms with Crippen LogP contribution in [0.2, 0.25) is 0 Å². The molecule has 27 heavy (non-hydrogen) atoms.